The molecule has 0 aliphatic rings. The van der Waals surface area contributed by atoms with Gasteiger partial charge in [-0.05, 0) is 24.5 Å². The van der Waals surface area contributed by atoms with Crippen LogP contribution in [0.4, 0.5) is 10.1 Å². The molecule has 1 aromatic carbocycles. The lowest BCUT2D eigenvalue weighted by Gasteiger charge is -2.27. The van der Waals surface area contributed by atoms with E-state index in [0.29, 0.717) is 18.2 Å². The summed E-state index contributed by atoms with van der Waals surface area (Å²) in [7, 11) is 0. The Hall–Kier alpha value is -1.09. The molecule has 0 saturated heterocycles. The van der Waals surface area contributed by atoms with Crippen molar-refractivity contribution in [3.8, 4) is 0 Å². The van der Waals surface area contributed by atoms with Gasteiger partial charge in [0, 0.05) is 19.6 Å². The van der Waals surface area contributed by atoms with E-state index >= 15 is 0 Å². The van der Waals surface area contributed by atoms with Crippen LogP contribution in [0.1, 0.15) is 26.3 Å². The molecule has 0 unspecified atom stereocenters. The second-order valence-corrected chi connectivity index (χ2v) is 4.38. The third-order valence-corrected chi connectivity index (χ3v) is 2.57. The number of para-hydroxylation sites is 1. The van der Waals surface area contributed by atoms with Gasteiger partial charge in [0.15, 0.2) is 0 Å². The highest BCUT2D eigenvalue weighted by atomic mass is 19.1. The van der Waals surface area contributed by atoms with E-state index < -0.39 is 0 Å². The molecule has 0 aliphatic carbocycles. The fraction of sp³-hybridized carbons (Fsp3) is 0.538. The molecule has 0 aromatic heterocycles. The van der Waals surface area contributed by atoms with Crippen molar-refractivity contribution in [2.75, 3.05) is 18.0 Å². The second kappa shape index (κ2) is 5.85. The Kier molecular flexibility index (Phi) is 4.74. The van der Waals surface area contributed by atoms with E-state index in [1.165, 1.54) is 6.07 Å². The second-order valence-electron chi connectivity index (χ2n) is 4.38. The van der Waals surface area contributed by atoms with Crippen LogP contribution in [-0.4, -0.2) is 13.1 Å². The maximum absolute atomic E-state index is 13.8. The van der Waals surface area contributed by atoms with Crippen molar-refractivity contribution >= 4 is 5.69 Å². The first-order valence-corrected chi connectivity index (χ1v) is 5.82. The van der Waals surface area contributed by atoms with Crippen molar-refractivity contribution in [3.63, 3.8) is 0 Å². The summed E-state index contributed by atoms with van der Waals surface area (Å²) >= 11 is 0. The average molecular weight is 224 g/mol. The molecule has 0 atom stereocenters. The van der Waals surface area contributed by atoms with Crippen molar-refractivity contribution in [1.29, 1.82) is 0 Å². The molecule has 0 spiro atoms. The Bertz CT molecular complexity index is 337. The van der Waals surface area contributed by atoms with Gasteiger partial charge in [-0.3, -0.25) is 0 Å². The lowest BCUT2D eigenvalue weighted by molar-refractivity contribution is 0.583. The van der Waals surface area contributed by atoms with E-state index in [0.717, 1.165) is 18.7 Å². The highest BCUT2D eigenvalue weighted by Gasteiger charge is 2.14. The van der Waals surface area contributed by atoms with Crippen LogP contribution in [-0.2, 0) is 6.54 Å². The van der Waals surface area contributed by atoms with Gasteiger partial charge in [-0.2, -0.15) is 0 Å². The molecule has 2 nitrogen and oxygen atoms in total. The van der Waals surface area contributed by atoms with Crippen LogP contribution in [0.15, 0.2) is 18.2 Å². The van der Waals surface area contributed by atoms with Crippen molar-refractivity contribution < 1.29 is 4.39 Å². The van der Waals surface area contributed by atoms with Gasteiger partial charge in [-0.15, -0.1) is 0 Å². The summed E-state index contributed by atoms with van der Waals surface area (Å²) in [6.07, 6.45) is 0. The lowest BCUT2D eigenvalue weighted by Crippen LogP contribution is -2.29. The summed E-state index contributed by atoms with van der Waals surface area (Å²) in [6.45, 7) is 8.32. The van der Waals surface area contributed by atoms with E-state index in [4.69, 9.17) is 5.73 Å². The molecule has 90 valence electrons. The zero-order chi connectivity index (χ0) is 12.1. The monoisotopic (exact) mass is 224 g/mol. The van der Waals surface area contributed by atoms with Crippen molar-refractivity contribution in [2.24, 2.45) is 11.7 Å². The molecule has 2 N–H and O–H groups in total. The maximum atomic E-state index is 13.8. The van der Waals surface area contributed by atoms with E-state index in [-0.39, 0.29) is 5.82 Å². The summed E-state index contributed by atoms with van der Waals surface area (Å²) in [5.41, 5.74) is 7.19. The lowest BCUT2D eigenvalue weighted by atomic mass is 10.1. The summed E-state index contributed by atoms with van der Waals surface area (Å²) in [6, 6.07) is 5.10. The molecule has 0 saturated carbocycles. The van der Waals surface area contributed by atoms with E-state index in [1.54, 1.807) is 6.07 Å². The summed E-state index contributed by atoms with van der Waals surface area (Å²) in [5.74, 6) is 0.329. The molecule has 0 amide bonds. The smallest absolute Gasteiger partial charge is 0.146 e. The zero-order valence-electron chi connectivity index (χ0n) is 10.3. The number of hydrogen-bond acceptors (Lipinski definition) is 2. The van der Waals surface area contributed by atoms with Gasteiger partial charge in [0.05, 0.1) is 5.69 Å². The molecular formula is C13H21FN2. The van der Waals surface area contributed by atoms with Gasteiger partial charge in [0.2, 0.25) is 0 Å². The first kappa shape index (κ1) is 13.0. The molecule has 3 heteroatoms. The number of rotatable bonds is 5. The minimum absolute atomic E-state index is 0.176. The Labute approximate surface area is 97.3 Å². The van der Waals surface area contributed by atoms with Crippen molar-refractivity contribution in [1.82, 2.24) is 0 Å². The SMILES string of the molecule is CCN(CC(C)C)c1c(F)cccc1CN. The quantitative estimate of drug-likeness (QED) is 0.833. The Morgan fingerprint density at radius 1 is 1.38 bits per heavy atom. The molecule has 1 aromatic rings. The van der Waals surface area contributed by atoms with Gasteiger partial charge in [-0.1, -0.05) is 26.0 Å². The molecular weight excluding hydrogens is 203 g/mol. The standard InChI is InChI=1S/C13H21FN2/c1-4-16(9-10(2)3)13-11(8-15)6-5-7-12(13)14/h5-7,10H,4,8-9,15H2,1-3H3. The minimum atomic E-state index is -0.176. The fourth-order valence-corrected chi connectivity index (χ4v) is 1.90. The molecule has 16 heavy (non-hydrogen) atoms. The van der Waals surface area contributed by atoms with Gasteiger partial charge in [0.1, 0.15) is 5.82 Å². The van der Waals surface area contributed by atoms with E-state index in [2.05, 4.69) is 18.7 Å². The maximum Gasteiger partial charge on any atom is 0.146 e. The zero-order valence-corrected chi connectivity index (χ0v) is 10.3. The minimum Gasteiger partial charge on any atom is -0.369 e. The van der Waals surface area contributed by atoms with Gasteiger partial charge >= 0.3 is 0 Å². The number of nitrogens with zero attached hydrogens (tertiary/aromatic N) is 1. The molecule has 0 fully saturated rings. The van der Waals surface area contributed by atoms with Crippen LogP contribution < -0.4 is 10.6 Å². The number of nitrogens with two attached hydrogens (primary N) is 1. The Morgan fingerprint density at radius 3 is 2.56 bits per heavy atom. The normalized spacial score (nSPS) is 10.9. The average Bonchev–Trinajstić information content (AvgIpc) is 2.25. The Balaban J connectivity index is 3.07. The van der Waals surface area contributed by atoms with Crippen LogP contribution in [0.5, 0.6) is 0 Å². The summed E-state index contributed by atoms with van der Waals surface area (Å²) in [5, 5.41) is 0. The van der Waals surface area contributed by atoms with Crippen molar-refractivity contribution in [2.45, 2.75) is 27.3 Å². The number of hydrogen-bond donors (Lipinski definition) is 1. The van der Waals surface area contributed by atoms with Crippen LogP contribution in [0.3, 0.4) is 0 Å². The summed E-state index contributed by atoms with van der Waals surface area (Å²) in [4.78, 5) is 2.06. The largest absolute Gasteiger partial charge is 0.369 e. The first-order chi connectivity index (χ1) is 7.60. The topological polar surface area (TPSA) is 29.3 Å². The third kappa shape index (κ3) is 2.95. The van der Waals surface area contributed by atoms with Gasteiger partial charge in [0.25, 0.3) is 0 Å². The van der Waals surface area contributed by atoms with Crippen molar-refractivity contribution in [3.05, 3.63) is 29.6 Å². The molecule has 0 radical (unpaired) electrons. The molecule has 0 heterocycles. The van der Waals surface area contributed by atoms with E-state index in [9.17, 15) is 4.39 Å². The molecule has 0 aliphatic heterocycles. The van der Waals surface area contributed by atoms with Gasteiger partial charge in [-0.25, -0.2) is 4.39 Å². The third-order valence-electron chi connectivity index (χ3n) is 2.57. The highest BCUT2D eigenvalue weighted by molar-refractivity contribution is 5.54. The highest BCUT2D eigenvalue weighted by Crippen LogP contribution is 2.24. The molecule has 1 rings (SSSR count). The fourth-order valence-electron chi connectivity index (χ4n) is 1.90. The van der Waals surface area contributed by atoms with Crippen LogP contribution in [0, 0.1) is 11.7 Å². The van der Waals surface area contributed by atoms with Crippen LogP contribution >= 0.6 is 0 Å². The predicted molar refractivity (Wildman–Crippen MR) is 67.0 cm³/mol. The van der Waals surface area contributed by atoms with Crippen LogP contribution in [0.25, 0.3) is 0 Å². The van der Waals surface area contributed by atoms with Gasteiger partial charge < -0.3 is 10.6 Å². The summed E-state index contributed by atoms with van der Waals surface area (Å²) < 4.78 is 13.8. The van der Waals surface area contributed by atoms with Crippen LogP contribution in [0.2, 0.25) is 0 Å². The van der Waals surface area contributed by atoms with E-state index in [1.807, 2.05) is 13.0 Å². The number of benzene rings is 1. The predicted octanol–water partition coefficient (Wildman–Crippen LogP) is 2.77. The Morgan fingerprint density at radius 2 is 2.06 bits per heavy atom. The first-order valence-electron chi connectivity index (χ1n) is 5.82. The number of halogens is 1. The molecule has 0 bridgehead atoms. The number of anilines is 1.